The average molecular weight is 320 g/mol. The van der Waals surface area contributed by atoms with Gasteiger partial charge >= 0.3 is 6.61 Å². The molecule has 0 amide bonds. The second kappa shape index (κ2) is 6.14. The molecule has 1 saturated carbocycles. The van der Waals surface area contributed by atoms with E-state index < -0.39 is 38.5 Å². The molecule has 120 valence electrons. The zero-order valence-electron chi connectivity index (χ0n) is 12.5. The summed E-state index contributed by atoms with van der Waals surface area (Å²) in [6, 6.07) is 0.973. The van der Waals surface area contributed by atoms with Gasteiger partial charge in [0.05, 0.1) is 36.2 Å². The Labute approximate surface area is 124 Å². The zero-order valence-corrected chi connectivity index (χ0v) is 13.5. The second-order valence-corrected chi connectivity index (χ2v) is 12.5. The molecule has 0 aromatic rings. The normalized spacial score (nSPS) is 32.1. The van der Waals surface area contributed by atoms with Gasteiger partial charge in [-0.05, 0) is 12.1 Å². The predicted octanol–water partition coefficient (Wildman–Crippen LogP) is 2.84. The number of ether oxygens (including phenoxy) is 2. The molecule has 0 spiro atoms. The summed E-state index contributed by atoms with van der Waals surface area (Å²) in [6.45, 7) is 4.44. The minimum atomic E-state index is -2.95. The average Bonchev–Trinajstić information content (AvgIpc) is 2.75. The van der Waals surface area contributed by atoms with E-state index in [1.165, 1.54) is 6.08 Å². The molecule has 2 unspecified atom stereocenters. The molecule has 2 aliphatic rings. The van der Waals surface area contributed by atoms with Crippen LogP contribution in [0.3, 0.4) is 0 Å². The number of aliphatic hydroxyl groups is 1. The van der Waals surface area contributed by atoms with E-state index in [2.05, 4.69) is 24.4 Å². The molecule has 1 N–H and O–H groups in total. The Hall–Kier alpha value is -0.793. The summed E-state index contributed by atoms with van der Waals surface area (Å²) in [5.41, 5.74) is 0. The Morgan fingerprint density at radius 3 is 2.62 bits per heavy atom. The molecule has 0 aromatic heterocycles. The summed E-state index contributed by atoms with van der Waals surface area (Å²) in [5, 5.41) is 9.81. The highest BCUT2D eigenvalue weighted by atomic mass is 28.3. The minimum absolute atomic E-state index is 0.0240. The van der Waals surface area contributed by atoms with Crippen molar-refractivity contribution in [3.05, 3.63) is 11.8 Å². The predicted molar refractivity (Wildman–Crippen MR) is 76.0 cm³/mol. The molecule has 1 fully saturated rings. The van der Waals surface area contributed by atoms with Crippen molar-refractivity contribution in [2.24, 2.45) is 17.8 Å². The van der Waals surface area contributed by atoms with Crippen molar-refractivity contribution in [2.75, 3.05) is 13.2 Å². The number of aliphatic hydroxyl groups excluding tert-OH is 1. The van der Waals surface area contributed by atoms with E-state index in [1.54, 1.807) is 0 Å². The van der Waals surface area contributed by atoms with Crippen LogP contribution in [0.25, 0.3) is 0 Å². The van der Waals surface area contributed by atoms with Crippen LogP contribution < -0.4 is 0 Å². The lowest BCUT2D eigenvalue weighted by molar-refractivity contribution is -0.175. The van der Waals surface area contributed by atoms with E-state index in [0.29, 0.717) is 6.61 Å². The van der Waals surface area contributed by atoms with E-state index in [0.717, 1.165) is 6.04 Å². The Kier molecular flexibility index (Phi) is 4.84. The Bertz CT molecular complexity index is 433. The first kappa shape index (κ1) is 16.6. The van der Waals surface area contributed by atoms with Gasteiger partial charge in [0.15, 0.2) is 0 Å². The molecule has 0 aromatic carbocycles. The number of fused-ring (bicyclic) bond motifs is 2. The maximum absolute atomic E-state index is 12.4. The van der Waals surface area contributed by atoms with Gasteiger partial charge in [0, 0.05) is 14.7 Å². The van der Waals surface area contributed by atoms with Gasteiger partial charge in [-0.3, -0.25) is 4.79 Å². The van der Waals surface area contributed by atoms with Crippen molar-refractivity contribution < 1.29 is 28.2 Å². The maximum Gasteiger partial charge on any atom is 0.345 e. The van der Waals surface area contributed by atoms with Crippen molar-refractivity contribution in [3.63, 3.8) is 0 Å². The van der Waals surface area contributed by atoms with Gasteiger partial charge in [-0.2, -0.15) is 8.78 Å². The fourth-order valence-electron chi connectivity index (χ4n) is 2.95. The number of halogens is 2. The summed E-state index contributed by atoms with van der Waals surface area (Å²) in [5.74, 6) is -2.23. The summed E-state index contributed by atoms with van der Waals surface area (Å²) < 4.78 is 34.9. The van der Waals surface area contributed by atoms with Gasteiger partial charge in [-0.1, -0.05) is 19.6 Å². The molecule has 4 nitrogen and oxygen atoms in total. The number of rotatable bonds is 7. The van der Waals surface area contributed by atoms with Gasteiger partial charge in [0.2, 0.25) is 0 Å². The highest BCUT2D eigenvalue weighted by molar-refractivity contribution is 6.76. The lowest BCUT2D eigenvalue weighted by Gasteiger charge is -2.22. The van der Waals surface area contributed by atoms with Gasteiger partial charge < -0.3 is 14.6 Å². The van der Waals surface area contributed by atoms with Gasteiger partial charge in [0.25, 0.3) is 0 Å². The molecule has 2 aliphatic carbocycles. The first-order valence-corrected chi connectivity index (χ1v) is 10.9. The van der Waals surface area contributed by atoms with Gasteiger partial charge in [-0.25, -0.2) is 0 Å². The summed E-state index contributed by atoms with van der Waals surface area (Å²) in [7, 11) is -1.21. The van der Waals surface area contributed by atoms with Crippen LogP contribution in [-0.4, -0.2) is 44.9 Å². The first-order chi connectivity index (χ1) is 9.70. The first-order valence-electron chi connectivity index (χ1n) is 7.16. The van der Waals surface area contributed by atoms with Crippen LogP contribution in [0.4, 0.5) is 8.78 Å². The number of alkyl halides is 2. The monoisotopic (exact) mass is 320 g/mol. The molecule has 21 heavy (non-hydrogen) atoms. The Morgan fingerprint density at radius 2 is 2.05 bits per heavy atom. The number of Topliss-reactive ketones (excluding diaryl/α,β-unsaturated/α-hetero) is 1. The van der Waals surface area contributed by atoms with E-state index in [-0.39, 0.29) is 18.1 Å². The number of hydrogen-bond acceptors (Lipinski definition) is 4. The van der Waals surface area contributed by atoms with Crippen molar-refractivity contribution >= 4 is 13.9 Å². The SMILES string of the molecule is C[Si](C)(C)CCOCC1C(=O)[C@@H]2C=C(O)[C@H]1C2OC(F)F. The van der Waals surface area contributed by atoms with Crippen LogP contribution in [0.15, 0.2) is 11.8 Å². The molecule has 0 aliphatic heterocycles. The Morgan fingerprint density at radius 1 is 1.38 bits per heavy atom. The van der Waals surface area contributed by atoms with E-state index in [1.807, 2.05) is 0 Å². The number of carbonyl (C=O) groups excluding carboxylic acids is 1. The molecule has 7 heteroatoms. The van der Waals surface area contributed by atoms with Crippen molar-refractivity contribution in [1.82, 2.24) is 0 Å². The maximum atomic E-state index is 12.4. The summed E-state index contributed by atoms with van der Waals surface area (Å²) in [4.78, 5) is 12.1. The molecule has 0 radical (unpaired) electrons. The van der Waals surface area contributed by atoms with E-state index in [9.17, 15) is 18.7 Å². The van der Waals surface area contributed by atoms with Crippen molar-refractivity contribution in [3.8, 4) is 0 Å². The van der Waals surface area contributed by atoms with Gasteiger partial charge in [0.1, 0.15) is 5.78 Å². The van der Waals surface area contributed by atoms with Gasteiger partial charge in [-0.15, -0.1) is 0 Å². The smallest absolute Gasteiger partial charge is 0.345 e. The molecule has 0 heterocycles. The zero-order chi connectivity index (χ0) is 15.8. The molecule has 0 saturated heterocycles. The van der Waals surface area contributed by atoms with Crippen LogP contribution >= 0.6 is 0 Å². The second-order valence-electron chi connectivity index (χ2n) is 6.90. The van der Waals surface area contributed by atoms with Crippen LogP contribution in [0.2, 0.25) is 25.7 Å². The standard InChI is InChI=1S/C14H22F2O4Si/c1-21(2,3)5-4-19-7-9-11-10(17)6-8(12(9)18)13(11)20-14(15)16/h6,8-9,11,13-14,17H,4-5,7H2,1-3H3/t8-,9?,11-,13?/m0/s1. The highest BCUT2D eigenvalue weighted by Crippen LogP contribution is 2.47. The number of ketones is 1. The third-order valence-corrected chi connectivity index (χ3v) is 5.79. The van der Waals surface area contributed by atoms with E-state index in [4.69, 9.17) is 4.74 Å². The summed E-state index contributed by atoms with van der Waals surface area (Å²) >= 11 is 0. The number of carbonyl (C=O) groups is 1. The highest BCUT2D eigenvalue weighted by Gasteiger charge is 2.56. The largest absolute Gasteiger partial charge is 0.512 e. The Balaban J connectivity index is 1.92. The molecular weight excluding hydrogens is 298 g/mol. The quantitative estimate of drug-likeness (QED) is 0.579. The molecule has 4 atom stereocenters. The molecule has 2 bridgehead atoms. The topological polar surface area (TPSA) is 55.8 Å². The number of hydrogen-bond donors (Lipinski definition) is 1. The third-order valence-electron chi connectivity index (χ3n) is 4.08. The fourth-order valence-corrected chi connectivity index (χ4v) is 3.70. The molecular formula is C14H22F2O4Si. The fraction of sp³-hybridized carbons (Fsp3) is 0.786. The minimum Gasteiger partial charge on any atom is -0.512 e. The third kappa shape index (κ3) is 3.70. The lowest BCUT2D eigenvalue weighted by atomic mass is 9.91. The van der Waals surface area contributed by atoms with Crippen LogP contribution in [-0.2, 0) is 14.3 Å². The van der Waals surface area contributed by atoms with Crippen LogP contribution in [0.1, 0.15) is 0 Å². The lowest BCUT2D eigenvalue weighted by Crippen LogP contribution is -2.29. The van der Waals surface area contributed by atoms with Crippen molar-refractivity contribution in [1.29, 1.82) is 0 Å². The van der Waals surface area contributed by atoms with Crippen molar-refractivity contribution in [2.45, 2.75) is 38.4 Å². The summed E-state index contributed by atoms with van der Waals surface area (Å²) in [6.07, 6.45) is 0.376. The molecule has 2 rings (SSSR count). The van der Waals surface area contributed by atoms with Crippen LogP contribution in [0, 0.1) is 17.8 Å². The van der Waals surface area contributed by atoms with Crippen LogP contribution in [0.5, 0.6) is 0 Å². The van der Waals surface area contributed by atoms with E-state index >= 15 is 0 Å².